The molecule has 0 aromatic heterocycles. The molecule has 0 fully saturated rings. The zero-order valence-electron chi connectivity index (χ0n) is 12.1. The third-order valence-electron chi connectivity index (χ3n) is 3.62. The van der Waals surface area contributed by atoms with Gasteiger partial charge in [0.1, 0.15) is 6.67 Å². The van der Waals surface area contributed by atoms with Crippen LogP contribution in [-0.2, 0) is 4.79 Å². The maximum Gasteiger partial charge on any atom is 0.240 e. The first-order chi connectivity index (χ1) is 10.8. The topological polar surface area (TPSA) is 64.6 Å². The van der Waals surface area contributed by atoms with E-state index in [0.717, 1.165) is 16.9 Å². The molecule has 0 saturated heterocycles. The molecule has 1 radical (unpaired) electrons. The molecule has 1 aliphatic heterocycles. The number of para-hydroxylation sites is 2. The maximum absolute atomic E-state index is 12.2. The van der Waals surface area contributed by atoms with E-state index in [1.165, 1.54) is 0 Å². The van der Waals surface area contributed by atoms with Gasteiger partial charge >= 0.3 is 0 Å². The highest BCUT2D eigenvalue weighted by Crippen LogP contribution is 2.32. The van der Waals surface area contributed by atoms with E-state index in [1.807, 2.05) is 59.5 Å². The van der Waals surface area contributed by atoms with Crippen LogP contribution in [-0.4, -0.2) is 24.2 Å². The summed E-state index contributed by atoms with van der Waals surface area (Å²) in [6.45, 7) is 1.85. The van der Waals surface area contributed by atoms with Gasteiger partial charge in [-0.05, 0) is 17.7 Å². The van der Waals surface area contributed by atoms with Gasteiger partial charge in [0.25, 0.3) is 0 Å². The molecule has 3 rings (SSSR count). The van der Waals surface area contributed by atoms with Crippen LogP contribution in [0.1, 0.15) is 11.6 Å². The average Bonchev–Trinajstić information content (AvgIpc) is 2.96. The fraction of sp³-hybridized carbons (Fsp3) is 0.176. The maximum atomic E-state index is 12.2. The molecule has 0 bridgehead atoms. The minimum atomic E-state index is -0.389. The standard InChI is InChI=1S/C17H18N3O2/c21-11-15(13-6-2-1-3-7-13)19-17(22)10-20-12-18-14-8-4-5-9-16(14)20/h1-9,12,15,18,21H,10-11H2,(H,19,22)/t15-/m1/s1. The molecule has 2 aromatic rings. The summed E-state index contributed by atoms with van der Waals surface area (Å²) in [7, 11) is 0. The largest absolute Gasteiger partial charge is 0.394 e. The Morgan fingerprint density at radius 3 is 2.64 bits per heavy atom. The van der Waals surface area contributed by atoms with Gasteiger partial charge in [0, 0.05) is 0 Å². The van der Waals surface area contributed by atoms with Gasteiger partial charge in [-0.15, -0.1) is 0 Å². The van der Waals surface area contributed by atoms with Crippen molar-refractivity contribution in [3.63, 3.8) is 0 Å². The molecule has 1 heterocycles. The number of benzene rings is 2. The SMILES string of the molecule is O=C(CN1[CH]Nc2ccccc21)N[C@H](CO)c1ccccc1. The number of fused-ring (bicyclic) bond motifs is 1. The Morgan fingerprint density at radius 2 is 1.86 bits per heavy atom. The smallest absolute Gasteiger partial charge is 0.240 e. The van der Waals surface area contributed by atoms with Gasteiger partial charge < -0.3 is 20.6 Å². The molecule has 0 unspecified atom stereocenters. The van der Waals surface area contributed by atoms with Crippen LogP contribution >= 0.6 is 0 Å². The highest BCUT2D eigenvalue weighted by molar-refractivity contribution is 5.86. The van der Waals surface area contributed by atoms with Gasteiger partial charge in [0.05, 0.1) is 30.6 Å². The average molecular weight is 296 g/mol. The molecule has 0 spiro atoms. The highest BCUT2D eigenvalue weighted by atomic mass is 16.3. The van der Waals surface area contributed by atoms with Crippen LogP contribution in [0.15, 0.2) is 54.6 Å². The van der Waals surface area contributed by atoms with E-state index in [9.17, 15) is 9.90 Å². The van der Waals surface area contributed by atoms with E-state index in [4.69, 9.17) is 0 Å². The lowest BCUT2D eigenvalue weighted by Gasteiger charge is -2.20. The first-order valence-electron chi connectivity index (χ1n) is 7.18. The molecule has 113 valence electrons. The summed E-state index contributed by atoms with van der Waals surface area (Å²) in [5.41, 5.74) is 2.84. The summed E-state index contributed by atoms with van der Waals surface area (Å²) in [6, 6.07) is 16.9. The predicted molar refractivity (Wildman–Crippen MR) is 86.1 cm³/mol. The number of carbonyl (C=O) groups excluding carboxylic acids is 1. The number of aliphatic hydroxyl groups is 1. The Hall–Kier alpha value is -2.53. The van der Waals surface area contributed by atoms with Crippen molar-refractivity contribution in [3.05, 3.63) is 66.8 Å². The van der Waals surface area contributed by atoms with Crippen molar-refractivity contribution in [1.29, 1.82) is 0 Å². The first-order valence-corrected chi connectivity index (χ1v) is 7.18. The minimum absolute atomic E-state index is 0.131. The van der Waals surface area contributed by atoms with Gasteiger partial charge in [-0.25, -0.2) is 0 Å². The second-order valence-corrected chi connectivity index (χ2v) is 5.13. The molecular formula is C17H18N3O2. The predicted octanol–water partition coefficient (Wildman–Crippen LogP) is 1.89. The third kappa shape index (κ3) is 3.04. The summed E-state index contributed by atoms with van der Waals surface area (Å²) < 4.78 is 0. The zero-order valence-corrected chi connectivity index (χ0v) is 12.1. The molecule has 1 amide bonds. The van der Waals surface area contributed by atoms with Gasteiger partial charge in [-0.3, -0.25) is 4.79 Å². The number of rotatable bonds is 5. The Kier molecular flexibility index (Phi) is 4.25. The van der Waals surface area contributed by atoms with E-state index in [2.05, 4.69) is 10.6 Å². The number of carbonyl (C=O) groups is 1. The molecule has 1 aliphatic rings. The van der Waals surface area contributed by atoms with Crippen LogP contribution in [0.3, 0.4) is 0 Å². The monoisotopic (exact) mass is 296 g/mol. The summed E-state index contributed by atoms with van der Waals surface area (Å²) in [5.74, 6) is -0.141. The fourth-order valence-corrected chi connectivity index (χ4v) is 2.51. The number of amides is 1. The lowest BCUT2D eigenvalue weighted by molar-refractivity contribution is -0.120. The van der Waals surface area contributed by atoms with Crippen molar-refractivity contribution in [1.82, 2.24) is 5.32 Å². The first kappa shape index (κ1) is 14.4. The van der Waals surface area contributed by atoms with E-state index in [0.29, 0.717) is 0 Å². The molecule has 1 atom stereocenters. The van der Waals surface area contributed by atoms with E-state index >= 15 is 0 Å². The van der Waals surface area contributed by atoms with Gasteiger partial charge in [0.2, 0.25) is 5.91 Å². The van der Waals surface area contributed by atoms with Gasteiger partial charge in [-0.1, -0.05) is 42.5 Å². The Balaban J connectivity index is 1.63. The van der Waals surface area contributed by atoms with E-state index < -0.39 is 0 Å². The molecule has 0 aliphatic carbocycles. The lowest BCUT2D eigenvalue weighted by Crippen LogP contribution is -2.38. The van der Waals surface area contributed by atoms with Crippen molar-refractivity contribution in [2.24, 2.45) is 0 Å². The van der Waals surface area contributed by atoms with Gasteiger partial charge in [-0.2, -0.15) is 0 Å². The van der Waals surface area contributed by atoms with E-state index in [-0.39, 0.29) is 25.1 Å². The van der Waals surface area contributed by atoms with Crippen LogP contribution in [0.2, 0.25) is 0 Å². The quantitative estimate of drug-likeness (QED) is 0.788. The van der Waals surface area contributed by atoms with Crippen LogP contribution < -0.4 is 15.5 Å². The summed E-state index contributed by atoms with van der Waals surface area (Å²) >= 11 is 0. The normalized spacial score (nSPS) is 14.1. The number of nitrogens with one attached hydrogen (secondary N) is 2. The van der Waals surface area contributed by atoms with Crippen molar-refractivity contribution >= 4 is 17.3 Å². The minimum Gasteiger partial charge on any atom is -0.394 e. The molecule has 22 heavy (non-hydrogen) atoms. The second-order valence-electron chi connectivity index (χ2n) is 5.13. The van der Waals surface area contributed by atoms with Crippen LogP contribution in [0, 0.1) is 6.67 Å². The Bertz CT molecular complexity index is 639. The van der Waals surface area contributed by atoms with Crippen molar-refractivity contribution in [3.8, 4) is 0 Å². The summed E-state index contributed by atoms with van der Waals surface area (Å²) in [6.07, 6.45) is 0. The summed E-state index contributed by atoms with van der Waals surface area (Å²) in [4.78, 5) is 14.1. The number of aliphatic hydroxyl groups excluding tert-OH is 1. The molecule has 5 heteroatoms. The number of anilines is 2. The van der Waals surface area contributed by atoms with Crippen molar-refractivity contribution in [2.75, 3.05) is 23.4 Å². The Labute approximate surface area is 129 Å². The molecular weight excluding hydrogens is 278 g/mol. The Morgan fingerprint density at radius 1 is 1.14 bits per heavy atom. The van der Waals surface area contributed by atoms with Crippen molar-refractivity contribution in [2.45, 2.75) is 6.04 Å². The van der Waals surface area contributed by atoms with Crippen LogP contribution in [0.25, 0.3) is 0 Å². The number of hydrogen-bond donors (Lipinski definition) is 3. The molecule has 0 saturated carbocycles. The number of hydrogen-bond acceptors (Lipinski definition) is 4. The molecule has 3 N–H and O–H groups in total. The fourth-order valence-electron chi connectivity index (χ4n) is 2.51. The van der Waals surface area contributed by atoms with Gasteiger partial charge in [0.15, 0.2) is 0 Å². The van der Waals surface area contributed by atoms with E-state index in [1.54, 1.807) is 6.67 Å². The lowest BCUT2D eigenvalue weighted by atomic mass is 10.1. The molecule has 2 aromatic carbocycles. The summed E-state index contributed by atoms with van der Waals surface area (Å²) in [5, 5.41) is 15.5. The number of nitrogens with zero attached hydrogens (tertiary/aromatic N) is 1. The van der Waals surface area contributed by atoms with Crippen LogP contribution in [0.5, 0.6) is 0 Å². The van der Waals surface area contributed by atoms with Crippen molar-refractivity contribution < 1.29 is 9.90 Å². The third-order valence-corrected chi connectivity index (χ3v) is 3.62. The highest BCUT2D eigenvalue weighted by Gasteiger charge is 2.22. The molecule has 5 nitrogen and oxygen atoms in total. The van der Waals surface area contributed by atoms with Crippen LogP contribution in [0.4, 0.5) is 11.4 Å². The zero-order chi connectivity index (χ0) is 15.4. The second kappa shape index (κ2) is 6.49.